The highest BCUT2D eigenvalue weighted by Gasteiger charge is 1.99. The molecule has 0 spiro atoms. The zero-order valence-electron chi connectivity index (χ0n) is 6.01. The summed E-state index contributed by atoms with van der Waals surface area (Å²) in [5, 5.41) is 0. The molecule has 0 aromatic carbocycles. The third kappa shape index (κ3) is 0.832. The third-order valence-corrected chi connectivity index (χ3v) is 1.63. The number of aryl methyl sites for hydroxylation is 1. The minimum atomic E-state index is -0.184. The lowest BCUT2D eigenvalue weighted by Crippen LogP contribution is -1.99. The quantitative estimate of drug-likeness (QED) is 0.574. The Morgan fingerprint density at radius 3 is 3.00 bits per heavy atom. The van der Waals surface area contributed by atoms with Gasteiger partial charge in [-0.05, 0) is 13.0 Å². The molecule has 2 aromatic rings. The maximum Gasteiger partial charge on any atom is 0.323 e. The SMILES string of the molecule is Cc1nccc2[nH]c(=O)[nH]c12. The van der Waals surface area contributed by atoms with Crippen LogP contribution in [0.15, 0.2) is 17.1 Å². The third-order valence-electron chi connectivity index (χ3n) is 1.63. The smallest absolute Gasteiger partial charge is 0.306 e. The molecule has 0 saturated carbocycles. The van der Waals surface area contributed by atoms with Gasteiger partial charge in [0.15, 0.2) is 0 Å². The van der Waals surface area contributed by atoms with E-state index >= 15 is 0 Å². The van der Waals surface area contributed by atoms with Crippen molar-refractivity contribution in [2.45, 2.75) is 6.92 Å². The molecule has 0 saturated heterocycles. The fourth-order valence-corrected chi connectivity index (χ4v) is 1.10. The van der Waals surface area contributed by atoms with Gasteiger partial charge in [0.25, 0.3) is 0 Å². The van der Waals surface area contributed by atoms with Crippen molar-refractivity contribution in [1.82, 2.24) is 15.0 Å². The van der Waals surface area contributed by atoms with E-state index in [4.69, 9.17) is 0 Å². The van der Waals surface area contributed by atoms with E-state index in [0.29, 0.717) is 0 Å². The molecule has 56 valence electrons. The van der Waals surface area contributed by atoms with Crippen molar-refractivity contribution in [3.63, 3.8) is 0 Å². The van der Waals surface area contributed by atoms with Gasteiger partial charge in [0.1, 0.15) is 0 Å². The van der Waals surface area contributed by atoms with E-state index in [9.17, 15) is 4.79 Å². The van der Waals surface area contributed by atoms with Crippen molar-refractivity contribution < 1.29 is 0 Å². The average molecular weight is 149 g/mol. The summed E-state index contributed by atoms with van der Waals surface area (Å²) in [4.78, 5) is 20.1. The predicted molar refractivity (Wildman–Crippen MR) is 41.5 cm³/mol. The molecule has 0 bridgehead atoms. The Labute approximate surface area is 62.3 Å². The van der Waals surface area contributed by atoms with Gasteiger partial charge in [0.2, 0.25) is 0 Å². The lowest BCUT2D eigenvalue weighted by molar-refractivity contribution is 1.19. The minimum absolute atomic E-state index is 0.184. The van der Waals surface area contributed by atoms with Crippen molar-refractivity contribution >= 4 is 11.0 Å². The molecule has 0 aliphatic carbocycles. The monoisotopic (exact) mass is 149 g/mol. The van der Waals surface area contributed by atoms with E-state index in [1.54, 1.807) is 12.3 Å². The number of fused-ring (bicyclic) bond motifs is 1. The molecular weight excluding hydrogens is 142 g/mol. The van der Waals surface area contributed by atoms with E-state index < -0.39 is 0 Å². The molecule has 2 aromatic heterocycles. The van der Waals surface area contributed by atoms with Crippen LogP contribution in [0.1, 0.15) is 5.69 Å². The Kier molecular flexibility index (Phi) is 1.09. The zero-order valence-corrected chi connectivity index (χ0v) is 6.01. The van der Waals surface area contributed by atoms with Gasteiger partial charge >= 0.3 is 5.69 Å². The lowest BCUT2D eigenvalue weighted by Gasteiger charge is -1.90. The molecule has 11 heavy (non-hydrogen) atoms. The first kappa shape index (κ1) is 6.15. The number of H-pyrrole nitrogens is 2. The van der Waals surface area contributed by atoms with Gasteiger partial charge in [-0.15, -0.1) is 0 Å². The first-order chi connectivity index (χ1) is 5.27. The summed E-state index contributed by atoms with van der Waals surface area (Å²) >= 11 is 0. The second-order valence-corrected chi connectivity index (χ2v) is 2.40. The molecule has 0 atom stereocenters. The van der Waals surface area contributed by atoms with E-state index in [1.807, 2.05) is 6.92 Å². The van der Waals surface area contributed by atoms with Crippen LogP contribution in [-0.4, -0.2) is 15.0 Å². The van der Waals surface area contributed by atoms with Crippen LogP contribution in [0.3, 0.4) is 0 Å². The summed E-state index contributed by atoms with van der Waals surface area (Å²) in [6.45, 7) is 1.85. The second-order valence-electron chi connectivity index (χ2n) is 2.40. The van der Waals surface area contributed by atoms with Crippen LogP contribution in [0.4, 0.5) is 0 Å². The molecule has 0 radical (unpaired) electrons. The van der Waals surface area contributed by atoms with E-state index in [0.717, 1.165) is 16.7 Å². The van der Waals surface area contributed by atoms with Crippen molar-refractivity contribution in [3.8, 4) is 0 Å². The molecule has 2 N–H and O–H groups in total. The van der Waals surface area contributed by atoms with Crippen LogP contribution in [0, 0.1) is 6.92 Å². The topological polar surface area (TPSA) is 61.5 Å². The molecule has 0 fully saturated rings. The molecule has 2 heterocycles. The molecule has 0 unspecified atom stereocenters. The first-order valence-electron chi connectivity index (χ1n) is 3.31. The van der Waals surface area contributed by atoms with Crippen molar-refractivity contribution in [2.24, 2.45) is 0 Å². The Bertz CT molecular complexity index is 440. The van der Waals surface area contributed by atoms with Gasteiger partial charge in [0, 0.05) is 6.20 Å². The maximum atomic E-state index is 10.8. The first-order valence-corrected chi connectivity index (χ1v) is 3.31. The Morgan fingerprint density at radius 2 is 2.27 bits per heavy atom. The number of hydrogen-bond acceptors (Lipinski definition) is 2. The van der Waals surface area contributed by atoms with E-state index in [2.05, 4.69) is 15.0 Å². The summed E-state index contributed by atoms with van der Waals surface area (Å²) in [5.41, 5.74) is 2.25. The zero-order chi connectivity index (χ0) is 7.84. The Hall–Kier alpha value is -1.58. The maximum absolute atomic E-state index is 10.8. The summed E-state index contributed by atoms with van der Waals surface area (Å²) in [6.07, 6.45) is 1.67. The van der Waals surface area contributed by atoms with E-state index in [1.165, 1.54) is 0 Å². The fourth-order valence-electron chi connectivity index (χ4n) is 1.10. The number of pyridine rings is 1. The number of aromatic nitrogens is 3. The second kappa shape index (κ2) is 1.95. The molecule has 0 aliphatic heterocycles. The Balaban J connectivity index is 3.01. The van der Waals surface area contributed by atoms with Gasteiger partial charge in [-0.25, -0.2) is 4.79 Å². The molecule has 0 aliphatic rings. The van der Waals surface area contributed by atoms with Crippen LogP contribution in [-0.2, 0) is 0 Å². The minimum Gasteiger partial charge on any atom is -0.306 e. The lowest BCUT2D eigenvalue weighted by atomic mass is 10.3. The molecular formula is C7H7N3O. The molecule has 0 amide bonds. The predicted octanol–water partition coefficient (Wildman–Crippen LogP) is 0.560. The number of nitrogens with zero attached hydrogens (tertiary/aromatic N) is 1. The highest BCUT2D eigenvalue weighted by atomic mass is 16.1. The highest BCUT2D eigenvalue weighted by Crippen LogP contribution is 2.07. The molecule has 4 heteroatoms. The number of aromatic amines is 2. The van der Waals surface area contributed by atoms with Crippen LogP contribution >= 0.6 is 0 Å². The normalized spacial score (nSPS) is 10.6. The fraction of sp³-hybridized carbons (Fsp3) is 0.143. The molecule has 2 rings (SSSR count). The number of nitrogens with one attached hydrogen (secondary N) is 2. The standard InChI is InChI=1S/C7H7N3O/c1-4-6-5(2-3-8-4)9-7(11)10-6/h2-3H,1H3,(H2,9,10,11). The van der Waals surface area contributed by atoms with E-state index in [-0.39, 0.29) is 5.69 Å². The number of hydrogen-bond donors (Lipinski definition) is 2. The van der Waals surface area contributed by atoms with Gasteiger partial charge in [0.05, 0.1) is 16.7 Å². The number of imidazole rings is 1. The van der Waals surface area contributed by atoms with Gasteiger partial charge in [-0.3, -0.25) is 4.98 Å². The summed E-state index contributed by atoms with van der Waals surface area (Å²) in [7, 11) is 0. The van der Waals surface area contributed by atoms with Crippen LogP contribution < -0.4 is 5.69 Å². The molecule has 4 nitrogen and oxygen atoms in total. The van der Waals surface area contributed by atoms with Crippen molar-refractivity contribution in [1.29, 1.82) is 0 Å². The van der Waals surface area contributed by atoms with Crippen molar-refractivity contribution in [2.75, 3.05) is 0 Å². The average Bonchev–Trinajstić information content (AvgIpc) is 2.31. The summed E-state index contributed by atoms with van der Waals surface area (Å²) in [6, 6.07) is 1.76. The number of rotatable bonds is 0. The van der Waals surface area contributed by atoms with Gasteiger partial charge in [-0.2, -0.15) is 0 Å². The van der Waals surface area contributed by atoms with Crippen LogP contribution in [0.5, 0.6) is 0 Å². The summed E-state index contributed by atoms with van der Waals surface area (Å²) in [5.74, 6) is 0. The summed E-state index contributed by atoms with van der Waals surface area (Å²) < 4.78 is 0. The Morgan fingerprint density at radius 1 is 1.45 bits per heavy atom. The largest absolute Gasteiger partial charge is 0.323 e. The van der Waals surface area contributed by atoms with Crippen LogP contribution in [0.2, 0.25) is 0 Å². The van der Waals surface area contributed by atoms with Crippen LogP contribution in [0.25, 0.3) is 11.0 Å². The highest BCUT2D eigenvalue weighted by molar-refractivity contribution is 5.75. The van der Waals surface area contributed by atoms with Gasteiger partial charge in [-0.1, -0.05) is 0 Å². The van der Waals surface area contributed by atoms with Gasteiger partial charge < -0.3 is 9.97 Å². The van der Waals surface area contributed by atoms with Crippen molar-refractivity contribution in [3.05, 3.63) is 28.4 Å².